The van der Waals surface area contributed by atoms with Crippen molar-refractivity contribution in [2.45, 2.75) is 31.1 Å². The van der Waals surface area contributed by atoms with Crippen molar-refractivity contribution in [3.63, 3.8) is 0 Å². The van der Waals surface area contributed by atoms with Crippen LogP contribution in [0.15, 0.2) is 12.5 Å². The molecule has 1 fully saturated rings. The summed E-state index contributed by atoms with van der Waals surface area (Å²) in [5, 5.41) is 11.7. The Hall–Kier alpha value is -1.50. The van der Waals surface area contributed by atoms with E-state index >= 15 is 0 Å². The van der Waals surface area contributed by atoms with Crippen LogP contribution >= 0.6 is 11.8 Å². The second kappa shape index (κ2) is 6.60. The van der Waals surface area contributed by atoms with Crippen LogP contribution in [-0.4, -0.2) is 44.1 Å². The van der Waals surface area contributed by atoms with Crippen LogP contribution in [0.1, 0.15) is 29.8 Å². The molecule has 7 heteroatoms. The Morgan fingerprint density at radius 3 is 3.00 bits per heavy atom. The molecule has 0 bridgehead atoms. The molecule has 2 N–H and O–H groups in total. The van der Waals surface area contributed by atoms with Gasteiger partial charge in [-0.15, -0.1) is 11.8 Å². The first-order valence-corrected chi connectivity index (χ1v) is 7.36. The number of hydrogen-bond donors (Lipinski definition) is 2. The topological polar surface area (TPSA) is 84.2 Å². The molecule has 0 saturated carbocycles. The Bertz CT molecular complexity index is 455. The average molecular weight is 283 g/mol. The molecule has 1 aliphatic heterocycles. The summed E-state index contributed by atoms with van der Waals surface area (Å²) in [6.45, 7) is 1.02. The number of aromatic carboxylic acids is 1. The summed E-state index contributed by atoms with van der Waals surface area (Å²) in [5.74, 6) is 0.103. The second-order valence-corrected chi connectivity index (χ2v) is 5.76. The zero-order chi connectivity index (χ0) is 13.7. The van der Waals surface area contributed by atoms with Crippen molar-refractivity contribution in [2.75, 3.05) is 12.3 Å². The van der Waals surface area contributed by atoms with Gasteiger partial charge in [-0.2, -0.15) is 0 Å². The van der Waals surface area contributed by atoms with Crippen molar-refractivity contribution in [1.82, 2.24) is 14.9 Å². The van der Waals surface area contributed by atoms with Gasteiger partial charge in [-0.3, -0.25) is 4.79 Å². The summed E-state index contributed by atoms with van der Waals surface area (Å²) in [4.78, 5) is 26.3. The molecule has 1 atom stereocenters. The van der Waals surface area contributed by atoms with Crippen molar-refractivity contribution < 1.29 is 14.7 Å². The largest absolute Gasteiger partial charge is 0.476 e. The molecule has 6 nitrogen and oxygen atoms in total. The molecule has 0 radical (unpaired) electrons. The fourth-order valence-corrected chi connectivity index (χ4v) is 3.19. The first kappa shape index (κ1) is 13.9. The van der Waals surface area contributed by atoms with Crippen molar-refractivity contribution in [2.24, 2.45) is 0 Å². The quantitative estimate of drug-likeness (QED) is 0.841. The van der Waals surface area contributed by atoms with E-state index < -0.39 is 5.97 Å². The van der Waals surface area contributed by atoms with Gasteiger partial charge in [-0.1, -0.05) is 6.42 Å². The van der Waals surface area contributed by atoms with Crippen molar-refractivity contribution in [3.05, 3.63) is 18.2 Å². The van der Waals surface area contributed by atoms with Crippen LogP contribution in [0, 0.1) is 0 Å². The van der Waals surface area contributed by atoms with E-state index in [9.17, 15) is 9.59 Å². The first-order valence-electron chi connectivity index (χ1n) is 6.31. The zero-order valence-corrected chi connectivity index (χ0v) is 11.4. The van der Waals surface area contributed by atoms with E-state index in [2.05, 4.69) is 10.3 Å². The number of aromatic nitrogens is 2. The SMILES string of the molecule is O=C(O)c1cn(CCNC(=O)C2CCCCS2)cn1. The predicted molar refractivity (Wildman–Crippen MR) is 72.3 cm³/mol. The minimum atomic E-state index is -1.04. The lowest BCUT2D eigenvalue weighted by Crippen LogP contribution is -2.35. The molecule has 2 rings (SSSR count). The number of thioether (sulfide) groups is 1. The van der Waals surface area contributed by atoms with E-state index in [1.54, 1.807) is 16.3 Å². The monoisotopic (exact) mass is 283 g/mol. The average Bonchev–Trinajstić information content (AvgIpc) is 2.89. The number of imidazole rings is 1. The Morgan fingerprint density at radius 2 is 2.37 bits per heavy atom. The van der Waals surface area contributed by atoms with Gasteiger partial charge in [-0.25, -0.2) is 9.78 Å². The van der Waals surface area contributed by atoms with Crippen molar-refractivity contribution >= 4 is 23.6 Å². The lowest BCUT2D eigenvalue weighted by molar-refractivity contribution is -0.120. The van der Waals surface area contributed by atoms with Crippen molar-refractivity contribution in [3.8, 4) is 0 Å². The Balaban J connectivity index is 1.73. The molecule has 1 amide bonds. The number of hydrogen-bond acceptors (Lipinski definition) is 4. The number of amides is 1. The summed E-state index contributed by atoms with van der Waals surface area (Å²) in [6, 6.07) is 0. The van der Waals surface area contributed by atoms with Crippen LogP contribution in [0.25, 0.3) is 0 Å². The zero-order valence-electron chi connectivity index (χ0n) is 10.5. The lowest BCUT2D eigenvalue weighted by atomic mass is 10.2. The number of rotatable bonds is 5. The minimum absolute atomic E-state index is 0.0224. The third kappa shape index (κ3) is 3.99. The summed E-state index contributed by atoms with van der Waals surface area (Å²) >= 11 is 1.72. The summed E-state index contributed by atoms with van der Waals surface area (Å²) in [5.41, 5.74) is 0.0224. The highest BCUT2D eigenvalue weighted by atomic mass is 32.2. The molecule has 1 aliphatic rings. The van der Waals surface area contributed by atoms with Crippen LogP contribution in [0.5, 0.6) is 0 Å². The van der Waals surface area contributed by atoms with Gasteiger partial charge >= 0.3 is 5.97 Å². The molecule has 0 spiro atoms. The summed E-state index contributed by atoms with van der Waals surface area (Å²) in [6.07, 6.45) is 6.19. The Morgan fingerprint density at radius 1 is 1.53 bits per heavy atom. The van der Waals surface area contributed by atoms with Gasteiger partial charge in [0.25, 0.3) is 0 Å². The van der Waals surface area contributed by atoms with Crippen LogP contribution in [0.3, 0.4) is 0 Å². The van der Waals surface area contributed by atoms with Gasteiger partial charge in [0.2, 0.25) is 5.91 Å². The predicted octanol–water partition coefficient (Wildman–Crippen LogP) is 0.983. The molecule has 104 valence electrons. The van der Waals surface area contributed by atoms with Gasteiger partial charge < -0.3 is 15.0 Å². The van der Waals surface area contributed by atoms with E-state index in [1.807, 2.05) is 0 Å². The van der Waals surface area contributed by atoms with Gasteiger partial charge in [0, 0.05) is 19.3 Å². The number of carbonyl (C=O) groups excluding carboxylic acids is 1. The van der Waals surface area contributed by atoms with Crippen LogP contribution in [0.2, 0.25) is 0 Å². The Kier molecular flexibility index (Phi) is 4.84. The highest BCUT2D eigenvalue weighted by Gasteiger charge is 2.21. The highest BCUT2D eigenvalue weighted by Crippen LogP contribution is 2.24. The van der Waals surface area contributed by atoms with E-state index in [1.165, 1.54) is 18.9 Å². The van der Waals surface area contributed by atoms with E-state index in [4.69, 9.17) is 5.11 Å². The standard InChI is InChI=1S/C12H17N3O3S/c16-11(10-3-1-2-6-19-10)13-4-5-15-7-9(12(17)18)14-8-15/h7-8,10H,1-6H2,(H,13,16)(H,17,18). The molecule has 0 aromatic carbocycles. The molecular formula is C12H17N3O3S. The molecule has 19 heavy (non-hydrogen) atoms. The number of nitrogens with zero attached hydrogens (tertiary/aromatic N) is 2. The fraction of sp³-hybridized carbons (Fsp3) is 0.583. The van der Waals surface area contributed by atoms with Crippen molar-refractivity contribution in [1.29, 1.82) is 0 Å². The molecule has 2 heterocycles. The normalized spacial score (nSPS) is 19.1. The van der Waals surface area contributed by atoms with Crippen LogP contribution in [0.4, 0.5) is 0 Å². The van der Waals surface area contributed by atoms with Crippen LogP contribution < -0.4 is 5.32 Å². The minimum Gasteiger partial charge on any atom is -0.476 e. The highest BCUT2D eigenvalue weighted by molar-refractivity contribution is 8.00. The Labute approximate surface area is 115 Å². The van der Waals surface area contributed by atoms with Crippen LogP contribution in [-0.2, 0) is 11.3 Å². The van der Waals surface area contributed by atoms with Gasteiger partial charge in [-0.05, 0) is 18.6 Å². The second-order valence-electron chi connectivity index (χ2n) is 4.45. The van der Waals surface area contributed by atoms with Gasteiger partial charge in [0.15, 0.2) is 5.69 Å². The molecule has 1 unspecified atom stereocenters. The number of carboxylic acids is 1. The van der Waals surface area contributed by atoms with E-state index in [0.717, 1.165) is 18.6 Å². The molecule has 1 saturated heterocycles. The first-order chi connectivity index (χ1) is 9.16. The third-order valence-electron chi connectivity index (χ3n) is 2.99. The number of nitrogens with one attached hydrogen (secondary N) is 1. The molecule has 1 aromatic rings. The summed E-state index contributed by atoms with van der Waals surface area (Å²) < 4.78 is 1.66. The third-order valence-corrected chi connectivity index (χ3v) is 4.37. The molecule has 0 aliphatic carbocycles. The number of carbonyl (C=O) groups is 2. The lowest BCUT2D eigenvalue weighted by Gasteiger charge is -2.20. The number of carboxylic acid groups (broad SMARTS) is 1. The fourth-order valence-electron chi connectivity index (χ4n) is 1.96. The molecule has 1 aromatic heterocycles. The van der Waals surface area contributed by atoms with Gasteiger partial charge in [0.05, 0.1) is 11.6 Å². The smallest absolute Gasteiger partial charge is 0.356 e. The summed E-state index contributed by atoms with van der Waals surface area (Å²) in [7, 11) is 0. The maximum Gasteiger partial charge on any atom is 0.356 e. The molecular weight excluding hydrogens is 266 g/mol. The van der Waals surface area contributed by atoms with E-state index in [-0.39, 0.29) is 16.9 Å². The van der Waals surface area contributed by atoms with Gasteiger partial charge in [0.1, 0.15) is 0 Å². The van der Waals surface area contributed by atoms with E-state index in [0.29, 0.717) is 13.1 Å². The maximum absolute atomic E-state index is 11.9. The maximum atomic E-state index is 11.9.